The number of nitrogens with two attached hydrogens (primary N) is 1. The summed E-state index contributed by atoms with van der Waals surface area (Å²) in [6.07, 6.45) is 5.53. The van der Waals surface area contributed by atoms with Crippen molar-refractivity contribution >= 4 is 11.9 Å². The molecule has 2 N–H and O–H groups in total. The lowest BCUT2D eigenvalue weighted by Crippen LogP contribution is -2.46. The maximum atomic E-state index is 6.15. The largest absolute Gasteiger partial charge is 0.474 e. The van der Waals surface area contributed by atoms with Gasteiger partial charge in [-0.25, -0.2) is 15.0 Å². The van der Waals surface area contributed by atoms with Crippen LogP contribution in [0, 0.1) is 0 Å². The van der Waals surface area contributed by atoms with E-state index in [-0.39, 0.29) is 12.1 Å². The van der Waals surface area contributed by atoms with E-state index < -0.39 is 0 Å². The van der Waals surface area contributed by atoms with Crippen molar-refractivity contribution in [2.75, 3.05) is 51.0 Å². The molecule has 158 valence electrons. The molecule has 9 heteroatoms. The molecule has 29 heavy (non-hydrogen) atoms. The van der Waals surface area contributed by atoms with Crippen LogP contribution in [0.5, 0.6) is 5.88 Å². The Balaban J connectivity index is 0.00000117. The highest BCUT2D eigenvalue weighted by atomic mass is 16.5. The van der Waals surface area contributed by atoms with Gasteiger partial charge in [-0.1, -0.05) is 13.8 Å². The predicted molar refractivity (Wildman–Crippen MR) is 113 cm³/mol. The molecule has 0 bridgehead atoms. The molecule has 2 aromatic rings. The summed E-state index contributed by atoms with van der Waals surface area (Å²) in [5.74, 6) is 1.47. The molecule has 2 aromatic heterocycles. The van der Waals surface area contributed by atoms with Crippen molar-refractivity contribution in [3.05, 3.63) is 18.5 Å². The second-order valence-corrected chi connectivity index (χ2v) is 7.15. The normalized spacial score (nSPS) is 21.2. The molecule has 2 fully saturated rings. The Labute approximate surface area is 172 Å². The average Bonchev–Trinajstić information content (AvgIpc) is 2.72. The van der Waals surface area contributed by atoms with E-state index in [0.29, 0.717) is 31.1 Å². The molecule has 1 saturated heterocycles. The number of anilines is 2. The van der Waals surface area contributed by atoms with Crippen LogP contribution in [0.1, 0.15) is 26.7 Å². The van der Waals surface area contributed by atoms with Crippen LogP contribution < -0.4 is 15.4 Å². The molecule has 0 radical (unpaired) electrons. The molecule has 3 heterocycles. The number of aromatic nitrogens is 4. The van der Waals surface area contributed by atoms with Gasteiger partial charge in [-0.3, -0.25) is 0 Å². The third-order valence-corrected chi connectivity index (χ3v) is 5.04. The minimum Gasteiger partial charge on any atom is -0.474 e. The van der Waals surface area contributed by atoms with Crippen molar-refractivity contribution in [1.29, 1.82) is 0 Å². The maximum Gasteiger partial charge on any atom is 0.229 e. The van der Waals surface area contributed by atoms with Gasteiger partial charge in [0.2, 0.25) is 17.8 Å². The maximum absolute atomic E-state index is 6.15. The number of nitrogens with zero attached hydrogens (tertiary/aromatic N) is 6. The first-order chi connectivity index (χ1) is 14.1. The van der Waals surface area contributed by atoms with Gasteiger partial charge in [-0.05, 0) is 14.1 Å². The summed E-state index contributed by atoms with van der Waals surface area (Å²) in [7, 11) is 4.20. The van der Waals surface area contributed by atoms with Crippen LogP contribution in [-0.2, 0) is 4.74 Å². The summed E-state index contributed by atoms with van der Waals surface area (Å²) < 4.78 is 11.6. The van der Waals surface area contributed by atoms with Crippen molar-refractivity contribution in [3.8, 4) is 17.1 Å². The molecule has 2 aliphatic rings. The van der Waals surface area contributed by atoms with E-state index in [4.69, 9.17) is 20.2 Å². The van der Waals surface area contributed by atoms with Gasteiger partial charge < -0.3 is 25.0 Å². The van der Waals surface area contributed by atoms with Gasteiger partial charge in [0.25, 0.3) is 0 Å². The summed E-state index contributed by atoms with van der Waals surface area (Å²) in [6, 6.07) is 2.42. The highest BCUT2D eigenvalue weighted by Crippen LogP contribution is 2.30. The number of hydrogen-bond acceptors (Lipinski definition) is 9. The molecule has 0 atom stereocenters. The monoisotopic (exact) mass is 401 g/mol. The van der Waals surface area contributed by atoms with Crippen molar-refractivity contribution in [2.24, 2.45) is 0 Å². The molecule has 0 spiro atoms. The Hall–Kier alpha value is -2.52. The lowest BCUT2D eigenvalue weighted by atomic mass is 9.88. The van der Waals surface area contributed by atoms with Gasteiger partial charge in [-0.15, -0.1) is 0 Å². The Morgan fingerprint density at radius 1 is 1.10 bits per heavy atom. The van der Waals surface area contributed by atoms with Crippen LogP contribution in [0.2, 0.25) is 0 Å². The zero-order valence-corrected chi connectivity index (χ0v) is 17.7. The van der Waals surface area contributed by atoms with E-state index in [1.54, 1.807) is 12.4 Å². The summed E-state index contributed by atoms with van der Waals surface area (Å²) in [6.45, 7) is 6.85. The Morgan fingerprint density at radius 2 is 1.76 bits per heavy atom. The van der Waals surface area contributed by atoms with Crippen LogP contribution in [0.4, 0.5) is 11.9 Å². The standard InChI is InChI=1S/C18H25N7O2.C2H6/c1-24(2)13-7-14(8-13)27-16-9-15(12-10-20-17(19)21-11-12)22-18(23-16)25-3-5-26-6-4-25;1-2/h9-11,13-14H,3-8H2,1-2H3,(H2,19,20,21);1-2H3. The van der Waals surface area contributed by atoms with E-state index in [2.05, 4.69) is 38.8 Å². The number of hydrogen-bond donors (Lipinski definition) is 1. The van der Waals surface area contributed by atoms with Crippen LogP contribution >= 0.6 is 0 Å². The van der Waals surface area contributed by atoms with E-state index in [0.717, 1.165) is 37.2 Å². The molecule has 0 amide bonds. The number of morpholine rings is 1. The van der Waals surface area contributed by atoms with Crippen LogP contribution in [0.25, 0.3) is 11.3 Å². The average molecular weight is 402 g/mol. The third-order valence-electron chi connectivity index (χ3n) is 5.04. The molecule has 1 aliphatic carbocycles. The van der Waals surface area contributed by atoms with Crippen LogP contribution in [0.15, 0.2) is 18.5 Å². The second-order valence-electron chi connectivity index (χ2n) is 7.15. The minimum atomic E-state index is 0.181. The fourth-order valence-electron chi connectivity index (χ4n) is 3.22. The zero-order valence-electron chi connectivity index (χ0n) is 17.7. The smallest absolute Gasteiger partial charge is 0.229 e. The number of nitrogen functional groups attached to an aromatic ring is 1. The molecule has 9 nitrogen and oxygen atoms in total. The van der Waals surface area contributed by atoms with Crippen molar-refractivity contribution in [2.45, 2.75) is 38.8 Å². The van der Waals surface area contributed by atoms with E-state index >= 15 is 0 Å². The fourth-order valence-corrected chi connectivity index (χ4v) is 3.22. The predicted octanol–water partition coefficient (Wildman–Crippen LogP) is 1.85. The quantitative estimate of drug-likeness (QED) is 0.804. The molecule has 0 aromatic carbocycles. The molecule has 1 aliphatic heterocycles. The Morgan fingerprint density at radius 3 is 2.38 bits per heavy atom. The lowest BCUT2D eigenvalue weighted by Gasteiger charge is -2.39. The number of rotatable bonds is 5. The molecular weight excluding hydrogens is 370 g/mol. The minimum absolute atomic E-state index is 0.181. The second kappa shape index (κ2) is 9.80. The first kappa shape index (κ1) is 21.2. The molecule has 0 unspecified atom stereocenters. The lowest BCUT2D eigenvalue weighted by molar-refractivity contribution is 0.0369. The van der Waals surface area contributed by atoms with E-state index in [9.17, 15) is 0 Å². The highest BCUT2D eigenvalue weighted by Gasteiger charge is 2.33. The van der Waals surface area contributed by atoms with Gasteiger partial charge in [0.05, 0.1) is 18.9 Å². The molecule has 4 rings (SSSR count). The third kappa shape index (κ3) is 5.30. The van der Waals surface area contributed by atoms with Crippen molar-refractivity contribution in [3.63, 3.8) is 0 Å². The highest BCUT2D eigenvalue weighted by molar-refractivity contribution is 5.60. The summed E-state index contributed by atoms with van der Waals surface area (Å²) in [5.41, 5.74) is 7.11. The summed E-state index contributed by atoms with van der Waals surface area (Å²) >= 11 is 0. The topological polar surface area (TPSA) is 103 Å². The summed E-state index contributed by atoms with van der Waals surface area (Å²) in [4.78, 5) is 21.8. The molecular formula is C20H31N7O2. The van der Waals surface area contributed by atoms with Crippen molar-refractivity contribution in [1.82, 2.24) is 24.8 Å². The van der Waals surface area contributed by atoms with Gasteiger partial charge in [0.15, 0.2) is 0 Å². The fraction of sp³-hybridized carbons (Fsp3) is 0.600. The van der Waals surface area contributed by atoms with Crippen molar-refractivity contribution < 1.29 is 9.47 Å². The van der Waals surface area contributed by atoms with Crippen LogP contribution in [0.3, 0.4) is 0 Å². The SMILES string of the molecule is CC.CN(C)C1CC(Oc2cc(-c3cnc(N)nc3)nc(N3CCOCC3)n2)C1. The Bertz CT molecular complexity index is 773. The first-order valence-electron chi connectivity index (χ1n) is 10.2. The first-order valence-corrected chi connectivity index (χ1v) is 10.2. The van der Waals surface area contributed by atoms with Gasteiger partial charge >= 0.3 is 0 Å². The number of ether oxygens (including phenoxy) is 2. The van der Waals surface area contributed by atoms with E-state index in [1.165, 1.54) is 0 Å². The molecule has 1 saturated carbocycles. The van der Waals surface area contributed by atoms with E-state index in [1.807, 2.05) is 19.9 Å². The van der Waals surface area contributed by atoms with Gasteiger partial charge in [-0.2, -0.15) is 4.98 Å². The van der Waals surface area contributed by atoms with Gasteiger partial charge in [0.1, 0.15) is 6.10 Å². The summed E-state index contributed by atoms with van der Waals surface area (Å²) in [5, 5.41) is 0. The van der Waals surface area contributed by atoms with Gasteiger partial charge in [0, 0.05) is 56.0 Å². The van der Waals surface area contributed by atoms with Crippen LogP contribution in [-0.4, -0.2) is 77.4 Å². The Kier molecular flexibility index (Phi) is 7.16. The zero-order chi connectivity index (χ0) is 20.8.